The lowest BCUT2D eigenvalue weighted by Crippen LogP contribution is -2.30. The lowest BCUT2D eigenvalue weighted by Gasteiger charge is -2.18. The molecule has 0 radical (unpaired) electrons. The fourth-order valence-electron chi connectivity index (χ4n) is 6.78. The van der Waals surface area contributed by atoms with Crippen LogP contribution in [0.5, 0.6) is 0 Å². The summed E-state index contributed by atoms with van der Waals surface area (Å²) in [5.74, 6) is -0.936. The van der Waals surface area contributed by atoms with Crippen molar-refractivity contribution in [1.82, 2.24) is 0 Å². The molecule has 59 heavy (non-hydrogen) atoms. The molecule has 0 aliphatic rings. The topological polar surface area (TPSA) is 78.9 Å². The summed E-state index contributed by atoms with van der Waals surface area (Å²) in [6.45, 7) is 6.46. The fraction of sp³-hybridized carbons (Fsp3) is 0.755. The summed E-state index contributed by atoms with van der Waals surface area (Å²) in [7, 11) is 0. The van der Waals surface area contributed by atoms with Crippen molar-refractivity contribution < 1.29 is 28.6 Å². The van der Waals surface area contributed by atoms with Crippen molar-refractivity contribution in [3.8, 4) is 0 Å². The first-order chi connectivity index (χ1) is 29.0. The Kier molecular flexibility index (Phi) is 45.4. The van der Waals surface area contributed by atoms with E-state index in [1.165, 1.54) is 116 Å². The van der Waals surface area contributed by atoms with Crippen molar-refractivity contribution >= 4 is 17.9 Å². The van der Waals surface area contributed by atoms with E-state index in [0.717, 1.165) is 77.0 Å². The van der Waals surface area contributed by atoms with Gasteiger partial charge in [-0.1, -0.05) is 197 Å². The van der Waals surface area contributed by atoms with E-state index in [1.807, 2.05) is 0 Å². The second-order valence-electron chi connectivity index (χ2n) is 16.3. The molecule has 0 fully saturated rings. The molecule has 0 unspecified atom stereocenters. The number of allylic oxidation sites excluding steroid dienone is 10. The Bertz CT molecular complexity index is 1090. The van der Waals surface area contributed by atoms with Gasteiger partial charge in [-0.05, 0) is 83.5 Å². The van der Waals surface area contributed by atoms with E-state index in [2.05, 4.69) is 81.5 Å². The van der Waals surface area contributed by atoms with E-state index < -0.39 is 6.10 Å². The van der Waals surface area contributed by atoms with Crippen molar-refractivity contribution in [2.75, 3.05) is 13.2 Å². The Morgan fingerprint density at radius 3 is 1.10 bits per heavy atom. The molecule has 0 aromatic heterocycles. The van der Waals surface area contributed by atoms with Crippen LogP contribution in [0, 0.1) is 0 Å². The molecule has 0 rings (SSSR count). The van der Waals surface area contributed by atoms with Crippen LogP contribution in [0.25, 0.3) is 0 Å². The molecular formula is C53H92O6. The van der Waals surface area contributed by atoms with Gasteiger partial charge in [0.1, 0.15) is 13.2 Å². The van der Waals surface area contributed by atoms with Crippen molar-refractivity contribution in [2.24, 2.45) is 0 Å². The van der Waals surface area contributed by atoms with Gasteiger partial charge in [0.05, 0.1) is 0 Å². The Labute approximate surface area is 364 Å². The van der Waals surface area contributed by atoms with Gasteiger partial charge in [-0.3, -0.25) is 14.4 Å². The predicted molar refractivity (Wildman–Crippen MR) is 251 cm³/mol. The van der Waals surface area contributed by atoms with Crippen LogP contribution >= 0.6 is 0 Å². The van der Waals surface area contributed by atoms with Crippen LogP contribution in [0.15, 0.2) is 60.8 Å². The van der Waals surface area contributed by atoms with Crippen molar-refractivity contribution in [2.45, 2.75) is 245 Å². The van der Waals surface area contributed by atoms with Crippen molar-refractivity contribution in [3.63, 3.8) is 0 Å². The summed E-state index contributed by atoms with van der Waals surface area (Å²) < 4.78 is 16.7. The average molecular weight is 825 g/mol. The molecule has 0 aliphatic heterocycles. The van der Waals surface area contributed by atoms with E-state index >= 15 is 0 Å². The number of carbonyl (C=O) groups is 3. The summed E-state index contributed by atoms with van der Waals surface area (Å²) in [6, 6.07) is 0. The van der Waals surface area contributed by atoms with Crippen molar-refractivity contribution in [3.05, 3.63) is 60.8 Å². The zero-order valence-corrected chi connectivity index (χ0v) is 38.8. The fourth-order valence-corrected chi connectivity index (χ4v) is 6.78. The Morgan fingerprint density at radius 2 is 0.661 bits per heavy atom. The summed E-state index contributed by atoms with van der Waals surface area (Å²) >= 11 is 0. The van der Waals surface area contributed by atoms with Crippen LogP contribution in [0.4, 0.5) is 0 Å². The van der Waals surface area contributed by atoms with Gasteiger partial charge in [0, 0.05) is 19.3 Å². The second kappa shape index (κ2) is 47.8. The molecule has 0 aromatic carbocycles. The third kappa shape index (κ3) is 46.0. The molecule has 0 aromatic rings. The maximum atomic E-state index is 12.7. The lowest BCUT2D eigenvalue weighted by molar-refractivity contribution is -0.167. The minimum Gasteiger partial charge on any atom is -0.462 e. The molecule has 340 valence electrons. The summed E-state index contributed by atoms with van der Waals surface area (Å²) in [4.78, 5) is 37.9. The molecule has 0 bridgehead atoms. The predicted octanol–water partition coefficient (Wildman–Crippen LogP) is 16.1. The van der Waals surface area contributed by atoms with Gasteiger partial charge < -0.3 is 14.2 Å². The standard InChI is InChI=1S/C53H92O6/c1-4-7-10-13-16-19-22-24-26-28-31-34-37-40-43-46-52(55)58-49-50(48-57-51(54)45-42-39-36-33-30-21-18-15-12-9-6-3)59-53(56)47-44-41-38-35-32-29-27-25-23-20-17-14-11-8-5-2/h8,11,17,19-20,22,25,27,32,35,50H,4-7,9-10,12-16,18,21,23-24,26,28-31,33-34,36-49H2,1-3H3/b11-8-,20-17-,22-19-,27-25-,35-32-/t50-/m0/s1. The SMILES string of the molecule is CC/C=C\C/C=C\C/C=C\C/C=C\CCCCC(=O)O[C@H](COC(=O)CCCCCCCCC/C=C\CCCCCC)COC(=O)CCCCCCCCCCCCC. The summed E-state index contributed by atoms with van der Waals surface area (Å²) in [5.41, 5.74) is 0. The maximum Gasteiger partial charge on any atom is 0.306 e. The molecule has 0 spiro atoms. The Morgan fingerprint density at radius 1 is 0.356 bits per heavy atom. The normalized spacial score (nSPS) is 12.5. The maximum absolute atomic E-state index is 12.7. The van der Waals surface area contributed by atoms with Crippen LogP contribution in [0.1, 0.15) is 239 Å². The van der Waals surface area contributed by atoms with Gasteiger partial charge in [0.25, 0.3) is 0 Å². The number of unbranched alkanes of at least 4 members (excludes halogenated alkanes) is 23. The zero-order valence-electron chi connectivity index (χ0n) is 38.8. The van der Waals surface area contributed by atoms with Gasteiger partial charge in [0.15, 0.2) is 6.10 Å². The van der Waals surface area contributed by atoms with E-state index in [1.54, 1.807) is 0 Å². The van der Waals surface area contributed by atoms with Gasteiger partial charge in [-0.2, -0.15) is 0 Å². The molecule has 0 heterocycles. The van der Waals surface area contributed by atoms with E-state index in [0.29, 0.717) is 19.3 Å². The van der Waals surface area contributed by atoms with Crippen LogP contribution < -0.4 is 0 Å². The van der Waals surface area contributed by atoms with E-state index in [-0.39, 0.29) is 37.5 Å². The third-order valence-electron chi connectivity index (χ3n) is 10.5. The number of rotatable bonds is 44. The first kappa shape index (κ1) is 56.1. The number of hydrogen-bond donors (Lipinski definition) is 0. The van der Waals surface area contributed by atoms with Gasteiger partial charge in [0.2, 0.25) is 0 Å². The lowest BCUT2D eigenvalue weighted by atomic mass is 10.1. The molecular weight excluding hydrogens is 733 g/mol. The highest BCUT2D eigenvalue weighted by Crippen LogP contribution is 2.14. The van der Waals surface area contributed by atoms with Gasteiger partial charge in [-0.25, -0.2) is 0 Å². The van der Waals surface area contributed by atoms with Crippen LogP contribution in [0.3, 0.4) is 0 Å². The highest BCUT2D eigenvalue weighted by atomic mass is 16.6. The zero-order chi connectivity index (χ0) is 43.0. The van der Waals surface area contributed by atoms with Crippen molar-refractivity contribution in [1.29, 1.82) is 0 Å². The summed E-state index contributed by atoms with van der Waals surface area (Å²) in [6.07, 6.45) is 57.7. The number of ether oxygens (including phenoxy) is 3. The molecule has 0 aliphatic carbocycles. The molecule has 0 saturated heterocycles. The minimum atomic E-state index is -0.794. The molecule has 1 atom stereocenters. The molecule has 6 nitrogen and oxygen atoms in total. The average Bonchev–Trinajstić information content (AvgIpc) is 3.23. The summed E-state index contributed by atoms with van der Waals surface area (Å²) in [5, 5.41) is 0. The third-order valence-corrected chi connectivity index (χ3v) is 10.5. The smallest absolute Gasteiger partial charge is 0.306 e. The first-order valence-electron chi connectivity index (χ1n) is 24.8. The van der Waals surface area contributed by atoms with E-state index in [9.17, 15) is 14.4 Å². The molecule has 0 saturated carbocycles. The molecule has 0 N–H and O–H groups in total. The number of esters is 3. The number of hydrogen-bond acceptors (Lipinski definition) is 6. The molecule has 0 amide bonds. The second-order valence-corrected chi connectivity index (χ2v) is 16.3. The quantitative estimate of drug-likeness (QED) is 0.0263. The number of carbonyl (C=O) groups excluding carboxylic acids is 3. The Hall–Kier alpha value is -2.89. The van der Waals surface area contributed by atoms with Gasteiger partial charge in [-0.15, -0.1) is 0 Å². The van der Waals surface area contributed by atoms with Gasteiger partial charge >= 0.3 is 17.9 Å². The first-order valence-corrected chi connectivity index (χ1v) is 24.8. The van der Waals surface area contributed by atoms with Crippen LogP contribution in [-0.2, 0) is 28.6 Å². The minimum absolute atomic E-state index is 0.0907. The van der Waals surface area contributed by atoms with E-state index in [4.69, 9.17) is 14.2 Å². The largest absolute Gasteiger partial charge is 0.462 e. The molecule has 6 heteroatoms. The highest BCUT2D eigenvalue weighted by Gasteiger charge is 2.19. The van der Waals surface area contributed by atoms with Crippen LogP contribution in [-0.4, -0.2) is 37.2 Å². The Balaban J connectivity index is 4.44. The monoisotopic (exact) mass is 825 g/mol. The van der Waals surface area contributed by atoms with Crippen LogP contribution in [0.2, 0.25) is 0 Å². The highest BCUT2D eigenvalue weighted by molar-refractivity contribution is 5.71.